The molecule has 0 aromatic carbocycles. The Morgan fingerprint density at radius 1 is 1.47 bits per heavy atom. The van der Waals surface area contributed by atoms with Gasteiger partial charge in [-0.15, -0.1) is 0 Å². The second-order valence-electron chi connectivity index (χ2n) is 6.10. The zero-order valence-corrected chi connectivity index (χ0v) is 12.1. The van der Waals surface area contributed by atoms with Crippen molar-refractivity contribution in [3.05, 3.63) is 0 Å². The number of rotatable bonds is 3. The van der Waals surface area contributed by atoms with Crippen LogP contribution in [0.2, 0.25) is 0 Å². The summed E-state index contributed by atoms with van der Waals surface area (Å²) < 4.78 is 5.08. The second kappa shape index (κ2) is 6.23. The molecule has 1 fully saturated rings. The molecule has 0 aliphatic carbocycles. The molecule has 19 heavy (non-hydrogen) atoms. The highest BCUT2D eigenvalue weighted by Crippen LogP contribution is 2.24. The Balaban J connectivity index is 2.43. The van der Waals surface area contributed by atoms with Crippen LogP contribution in [0.3, 0.4) is 0 Å². The molecule has 1 aliphatic heterocycles. The monoisotopic (exact) mass is 272 g/mol. The predicted molar refractivity (Wildman–Crippen MR) is 71.0 cm³/mol. The highest BCUT2D eigenvalue weighted by molar-refractivity contribution is 5.77. The first-order valence-corrected chi connectivity index (χ1v) is 6.59. The molecule has 1 aliphatic rings. The van der Waals surface area contributed by atoms with Crippen molar-refractivity contribution >= 4 is 12.0 Å². The van der Waals surface area contributed by atoms with Crippen LogP contribution in [-0.4, -0.2) is 54.4 Å². The minimum atomic E-state index is -1.03. The Labute approximate surface area is 114 Å². The standard InChI is InChI=1S/C13H24N2O4/c1-9(13(2,3)4)7-14-12(18)15-5-6-19-10(8-15)11(16)17/h9-10H,5-8H2,1-4H3,(H,14,18)(H,16,17). The first kappa shape index (κ1) is 15.8. The molecule has 2 N–H and O–H groups in total. The topological polar surface area (TPSA) is 78.9 Å². The number of carboxylic acids is 1. The number of carbonyl (C=O) groups excluding carboxylic acids is 1. The molecule has 1 saturated heterocycles. The number of urea groups is 1. The molecule has 2 amide bonds. The van der Waals surface area contributed by atoms with Gasteiger partial charge in [0.1, 0.15) is 0 Å². The van der Waals surface area contributed by atoms with Gasteiger partial charge in [-0.2, -0.15) is 0 Å². The normalized spacial score (nSPS) is 21.9. The van der Waals surface area contributed by atoms with Gasteiger partial charge >= 0.3 is 12.0 Å². The smallest absolute Gasteiger partial charge is 0.334 e. The van der Waals surface area contributed by atoms with Crippen LogP contribution in [0.5, 0.6) is 0 Å². The predicted octanol–water partition coefficient (Wildman–Crippen LogP) is 1.16. The van der Waals surface area contributed by atoms with Crippen LogP contribution in [0.1, 0.15) is 27.7 Å². The van der Waals surface area contributed by atoms with Gasteiger partial charge in [0.05, 0.1) is 13.2 Å². The lowest BCUT2D eigenvalue weighted by molar-refractivity contribution is -0.154. The lowest BCUT2D eigenvalue weighted by atomic mass is 9.82. The highest BCUT2D eigenvalue weighted by Gasteiger charge is 2.29. The van der Waals surface area contributed by atoms with Gasteiger partial charge in [-0.3, -0.25) is 0 Å². The number of carbonyl (C=O) groups is 2. The summed E-state index contributed by atoms with van der Waals surface area (Å²) in [6.07, 6.45) is -0.917. The number of ether oxygens (including phenoxy) is 1. The fourth-order valence-electron chi connectivity index (χ4n) is 1.64. The van der Waals surface area contributed by atoms with Crippen LogP contribution in [0, 0.1) is 11.3 Å². The van der Waals surface area contributed by atoms with Crippen molar-refractivity contribution in [2.75, 3.05) is 26.2 Å². The van der Waals surface area contributed by atoms with Gasteiger partial charge in [-0.25, -0.2) is 9.59 Å². The van der Waals surface area contributed by atoms with Crippen LogP contribution in [0.15, 0.2) is 0 Å². The van der Waals surface area contributed by atoms with Crippen LogP contribution < -0.4 is 5.32 Å². The summed E-state index contributed by atoms with van der Waals surface area (Å²) in [5, 5.41) is 11.7. The molecule has 6 heteroatoms. The van der Waals surface area contributed by atoms with E-state index in [0.717, 1.165) is 0 Å². The highest BCUT2D eigenvalue weighted by atomic mass is 16.5. The molecule has 0 bridgehead atoms. The van der Waals surface area contributed by atoms with Crippen molar-refractivity contribution in [1.29, 1.82) is 0 Å². The molecule has 110 valence electrons. The number of nitrogens with zero attached hydrogens (tertiary/aromatic N) is 1. The molecule has 2 atom stereocenters. The Kier molecular flexibility index (Phi) is 5.17. The molecule has 0 spiro atoms. The van der Waals surface area contributed by atoms with E-state index in [-0.39, 0.29) is 24.6 Å². The third-order valence-electron chi connectivity index (χ3n) is 3.67. The molecule has 6 nitrogen and oxygen atoms in total. The van der Waals surface area contributed by atoms with E-state index in [0.29, 0.717) is 19.0 Å². The maximum atomic E-state index is 12.0. The van der Waals surface area contributed by atoms with Crippen LogP contribution in [0.25, 0.3) is 0 Å². The Hall–Kier alpha value is -1.30. The van der Waals surface area contributed by atoms with E-state index in [1.807, 2.05) is 0 Å². The molecule has 0 saturated carbocycles. The van der Waals surface area contributed by atoms with Crippen molar-refractivity contribution in [3.63, 3.8) is 0 Å². The number of carboxylic acid groups (broad SMARTS) is 1. The largest absolute Gasteiger partial charge is 0.479 e. The first-order chi connectivity index (χ1) is 8.71. The van der Waals surface area contributed by atoms with Crippen molar-refractivity contribution < 1.29 is 19.4 Å². The number of hydrogen-bond acceptors (Lipinski definition) is 3. The summed E-state index contributed by atoms with van der Waals surface area (Å²) in [5.74, 6) is -0.687. The molecule has 1 rings (SSSR count). The number of nitrogens with one attached hydrogen (secondary N) is 1. The molecule has 0 aromatic rings. The quantitative estimate of drug-likeness (QED) is 0.808. The average molecular weight is 272 g/mol. The molecule has 1 heterocycles. The summed E-state index contributed by atoms with van der Waals surface area (Å²) >= 11 is 0. The van der Waals surface area contributed by atoms with E-state index in [4.69, 9.17) is 9.84 Å². The van der Waals surface area contributed by atoms with Gasteiger partial charge in [-0.05, 0) is 11.3 Å². The lowest BCUT2D eigenvalue weighted by Gasteiger charge is -2.32. The summed E-state index contributed by atoms with van der Waals surface area (Å²) in [7, 11) is 0. The average Bonchev–Trinajstić information content (AvgIpc) is 2.34. The molecular weight excluding hydrogens is 248 g/mol. The number of morpholine rings is 1. The van der Waals surface area contributed by atoms with Crippen molar-refractivity contribution in [3.8, 4) is 0 Å². The molecule has 0 aromatic heterocycles. The third kappa shape index (κ3) is 4.70. The van der Waals surface area contributed by atoms with Gasteiger partial charge in [0.2, 0.25) is 0 Å². The van der Waals surface area contributed by atoms with Gasteiger partial charge < -0.3 is 20.1 Å². The first-order valence-electron chi connectivity index (χ1n) is 6.59. The zero-order chi connectivity index (χ0) is 14.6. The minimum Gasteiger partial charge on any atom is -0.479 e. The van der Waals surface area contributed by atoms with Gasteiger partial charge in [0.25, 0.3) is 0 Å². The van der Waals surface area contributed by atoms with Crippen LogP contribution in [0.4, 0.5) is 4.79 Å². The van der Waals surface area contributed by atoms with E-state index < -0.39 is 12.1 Å². The minimum absolute atomic E-state index is 0.102. The van der Waals surface area contributed by atoms with E-state index in [2.05, 4.69) is 33.0 Å². The maximum absolute atomic E-state index is 12.0. The van der Waals surface area contributed by atoms with Crippen molar-refractivity contribution in [2.24, 2.45) is 11.3 Å². The summed E-state index contributed by atoms with van der Waals surface area (Å²) in [6, 6.07) is -0.217. The van der Waals surface area contributed by atoms with E-state index in [9.17, 15) is 9.59 Å². The number of hydrogen-bond donors (Lipinski definition) is 2. The summed E-state index contributed by atoms with van der Waals surface area (Å²) in [5.41, 5.74) is 0.127. The SMILES string of the molecule is CC(CNC(=O)N1CCOC(C(=O)O)C1)C(C)(C)C. The van der Waals surface area contributed by atoms with Crippen LogP contribution >= 0.6 is 0 Å². The fraction of sp³-hybridized carbons (Fsp3) is 0.846. The van der Waals surface area contributed by atoms with Crippen molar-refractivity contribution in [2.45, 2.75) is 33.8 Å². The zero-order valence-electron chi connectivity index (χ0n) is 12.1. The van der Waals surface area contributed by atoms with E-state index in [1.165, 1.54) is 4.90 Å². The molecule has 0 radical (unpaired) electrons. The van der Waals surface area contributed by atoms with Gasteiger partial charge in [0.15, 0.2) is 6.10 Å². The Morgan fingerprint density at radius 3 is 2.63 bits per heavy atom. The number of amides is 2. The number of aliphatic carboxylic acids is 1. The lowest BCUT2D eigenvalue weighted by Crippen LogP contribution is -2.52. The van der Waals surface area contributed by atoms with Crippen molar-refractivity contribution in [1.82, 2.24) is 10.2 Å². The molecular formula is C13H24N2O4. The summed E-state index contributed by atoms with van der Waals surface area (Å²) in [6.45, 7) is 9.83. The molecule has 2 unspecified atom stereocenters. The van der Waals surface area contributed by atoms with E-state index in [1.54, 1.807) is 0 Å². The Bertz CT molecular complexity index is 338. The Morgan fingerprint density at radius 2 is 2.11 bits per heavy atom. The van der Waals surface area contributed by atoms with Gasteiger partial charge in [0, 0.05) is 13.1 Å². The third-order valence-corrected chi connectivity index (χ3v) is 3.67. The summed E-state index contributed by atoms with van der Waals surface area (Å²) in [4.78, 5) is 24.3. The van der Waals surface area contributed by atoms with Gasteiger partial charge in [-0.1, -0.05) is 27.7 Å². The maximum Gasteiger partial charge on any atom is 0.334 e. The van der Waals surface area contributed by atoms with E-state index >= 15 is 0 Å². The second-order valence-corrected chi connectivity index (χ2v) is 6.10. The van der Waals surface area contributed by atoms with Crippen LogP contribution in [-0.2, 0) is 9.53 Å². The fourth-order valence-corrected chi connectivity index (χ4v) is 1.64.